The van der Waals surface area contributed by atoms with Crippen LogP contribution < -0.4 is 10.2 Å². The molecular weight excluding hydrogens is 527 g/mol. The molecule has 1 saturated heterocycles. The predicted molar refractivity (Wildman–Crippen MR) is 142 cm³/mol. The minimum Gasteiger partial charge on any atom is -0.495 e. The van der Waals surface area contributed by atoms with Gasteiger partial charge in [-0.1, -0.05) is 31.3 Å². The molecule has 1 fully saturated rings. The summed E-state index contributed by atoms with van der Waals surface area (Å²) >= 11 is 0. The number of halogens is 3. The molecule has 3 aromatic rings. The Morgan fingerprint density at radius 3 is 2.74 bits per heavy atom. The Hall–Kier alpha value is -3.37. The van der Waals surface area contributed by atoms with Gasteiger partial charge in [-0.3, -0.25) is 5.01 Å². The molecule has 0 aliphatic carbocycles. The summed E-state index contributed by atoms with van der Waals surface area (Å²) in [5.74, 6) is 0.834. The van der Waals surface area contributed by atoms with E-state index >= 15 is 0 Å². The number of nitriles is 1. The summed E-state index contributed by atoms with van der Waals surface area (Å²) in [6, 6.07) is 14.0. The van der Waals surface area contributed by atoms with E-state index in [0.717, 1.165) is 28.7 Å². The lowest BCUT2D eigenvalue weighted by atomic mass is 10.00. The fraction of sp³-hybridized carbons (Fsp3) is 0.407. The first kappa shape index (κ1) is 27.2. The second-order valence-electron chi connectivity index (χ2n) is 9.69. The number of fused-ring (bicyclic) bond motifs is 2. The zero-order chi connectivity index (χ0) is 27.7. The summed E-state index contributed by atoms with van der Waals surface area (Å²) in [6.45, 7) is 5.97. The van der Waals surface area contributed by atoms with Crippen LogP contribution in [0.5, 0.6) is 5.75 Å². The van der Waals surface area contributed by atoms with Crippen LogP contribution in [0.4, 0.5) is 13.2 Å². The number of hydrazine groups is 1. The third-order valence-electron chi connectivity index (χ3n) is 6.84. The van der Waals surface area contributed by atoms with Gasteiger partial charge in [0.25, 0.3) is 0 Å². The van der Waals surface area contributed by atoms with Crippen LogP contribution in [0.3, 0.4) is 0 Å². The summed E-state index contributed by atoms with van der Waals surface area (Å²) in [7, 11) is 1.07. The highest BCUT2D eigenvalue weighted by atomic mass is 28.3. The maximum atomic E-state index is 13.8. The van der Waals surface area contributed by atoms with Crippen molar-refractivity contribution in [3.8, 4) is 11.8 Å². The van der Waals surface area contributed by atoms with Crippen molar-refractivity contribution < 1.29 is 27.4 Å². The summed E-state index contributed by atoms with van der Waals surface area (Å²) in [6.07, 6.45) is -6.10. The molecule has 39 heavy (non-hydrogen) atoms. The molecule has 0 saturated carbocycles. The van der Waals surface area contributed by atoms with Gasteiger partial charge >= 0.3 is 6.18 Å². The fourth-order valence-electron chi connectivity index (χ4n) is 4.95. The first-order valence-corrected chi connectivity index (χ1v) is 15.3. The lowest BCUT2D eigenvalue weighted by Crippen LogP contribution is -2.47. The van der Waals surface area contributed by atoms with Gasteiger partial charge in [0.15, 0.2) is 6.17 Å². The first-order chi connectivity index (χ1) is 18.7. The smallest absolute Gasteiger partial charge is 0.416 e. The normalized spacial score (nSPS) is 19.3. The third-order valence-corrected chi connectivity index (χ3v) is 8.04. The number of benzene rings is 2. The van der Waals surface area contributed by atoms with Gasteiger partial charge in [0, 0.05) is 26.4 Å². The summed E-state index contributed by atoms with van der Waals surface area (Å²) in [4.78, 5) is 4.83. The molecule has 1 N–H and O–H groups in total. The lowest BCUT2D eigenvalue weighted by Gasteiger charge is -2.33. The molecule has 0 spiro atoms. The number of rotatable bonds is 8. The van der Waals surface area contributed by atoms with Gasteiger partial charge in [0.1, 0.15) is 30.5 Å². The number of hydrogen-bond donors (Lipinski definition) is 1. The SMILES string of the molecule is COc1c(C#N)ccc2c1cc(C1N=C3C(c4ccccc4C(F)(F)F)OCCN3N1)n2COCC[Si](C)C. The minimum absolute atomic E-state index is 0.0249. The molecule has 5 rings (SSSR count). The number of methoxy groups -OCH3 is 1. The van der Waals surface area contributed by atoms with Crippen LogP contribution in [0.1, 0.15) is 34.7 Å². The van der Waals surface area contributed by atoms with Gasteiger partial charge in [-0.05, 0) is 30.3 Å². The number of amidine groups is 1. The fourth-order valence-corrected chi connectivity index (χ4v) is 5.51. The molecule has 2 atom stereocenters. The topological polar surface area (TPSA) is 84.0 Å². The molecule has 0 amide bonds. The lowest BCUT2D eigenvalue weighted by molar-refractivity contribution is -0.139. The zero-order valence-corrected chi connectivity index (χ0v) is 22.9. The standard InChI is InChI=1S/C27H29F3N5O3Si/c1-36-23-17(15-31)8-9-21-19(23)14-22(34(21)16-37-12-13-39(2)3)25-32-26-24(38-11-10-35(26)33-25)18-6-4-5-7-20(18)27(28,29)30/h4-9,14,24-25,33H,10-13,16H2,1-3H3. The maximum Gasteiger partial charge on any atom is 0.416 e. The average Bonchev–Trinajstić information content (AvgIpc) is 3.51. The summed E-state index contributed by atoms with van der Waals surface area (Å²) < 4.78 is 60.9. The highest BCUT2D eigenvalue weighted by Crippen LogP contribution is 2.40. The number of aliphatic imine (C=N–C) groups is 1. The van der Waals surface area contributed by atoms with Gasteiger partial charge in [-0.25, -0.2) is 10.4 Å². The van der Waals surface area contributed by atoms with E-state index in [0.29, 0.717) is 30.3 Å². The second kappa shape index (κ2) is 11.0. The monoisotopic (exact) mass is 556 g/mol. The number of hydrogen-bond acceptors (Lipinski definition) is 7. The van der Waals surface area contributed by atoms with Crippen molar-refractivity contribution in [1.29, 1.82) is 5.26 Å². The number of aromatic nitrogens is 1. The molecule has 2 aromatic carbocycles. The van der Waals surface area contributed by atoms with Crippen molar-refractivity contribution in [3.05, 3.63) is 64.8 Å². The highest BCUT2D eigenvalue weighted by Gasteiger charge is 2.42. The van der Waals surface area contributed by atoms with Gasteiger partial charge in [-0.15, -0.1) is 0 Å². The molecule has 12 heteroatoms. The van der Waals surface area contributed by atoms with Crippen LogP contribution in [0.15, 0.2) is 47.5 Å². The van der Waals surface area contributed by atoms with E-state index in [4.69, 9.17) is 19.2 Å². The first-order valence-electron chi connectivity index (χ1n) is 12.6. The minimum atomic E-state index is -4.52. The van der Waals surface area contributed by atoms with Gasteiger partial charge in [-0.2, -0.15) is 18.4 Å². The van der Waals surface area contributed by atoms with Gasteiger partial charge < -0.3 is 18.8 Å². The molecule has 1 aromatic heterocycles. The molecule has 1 radical (unpaired) electrons. The van der Waals surface area contributed by atoms with Crippen LogP contribution >= 0.6 is 0 Å². The van der Waals surface area contributed by atoms with Crippen molar-refractivity contribution in [2.45, 2.75) is 44.3 Å². The van der Waals surface area contributed by atoms with Crippen LogP contribution in [-0.2, 0) is 22.4 Å². The van der Waals surface area contributed by atoms with E-state index in [-0.39, 0.29) is 18.9 Å². The number of nitrogens with zero attached hydrogens (tertiary/aromatic N) is 4. The van der Waals surface area contributed by atoms with E-state index in [1.807, 2.05) is 16.7 Å². The van der Waals surface area contributed by atoms with Crippen LogP contribution in [0.2, 0.25) is 19.1 Å². The van der Waals surface area contributed by atoms with Crippen LogP contribution in [-0.4, -0.2) is 51.1 Å². The molecule has 2 unspecified atom stereocenters. The molecule has 2 aliphatic rings. The van der Waals surface area contributed by atoms with Crippen molar-refractivity contribution in [2.75, 3.05) is 26.9 Å². The Kier molecular flexibility index (Phi) is 7.68. The quantitative estimate of drug-likeness (QED) is 0.301. The largest absolute Gasteiger partial charge is 0.495 e. The van der Waals surface area contributed by atoms with E-state index in [9.17, 15) is 18.4 Å². The van der Waals surface area contributed by atoms with Crippen molar-refractivity contribution in [2.24, 2.45) is 4.99 Å². The molecule has 205 valence electrons. The predicted octanol–water partition coefficient (Wildman–Crippen LogP) is 5.26. The number of nitrogens with one attached hydrogen (secondary N) is 1. The van der Waals surface area contributed by atoms with E-state index in [2.05, 4.69) is 24.6 Å². The summed E-state index contributed by atoms with van der Waals surface area (Å²) in [5.41, 5.74) is 4.56. The zero-order valence-electron chi connectivity index (χ0n) is 21.9. The third kappa shape index (κ3) is 5.27. The second-order valence-corrected chi connectivity index (χ2v) is 12.6. The Labute approximate surface area is 226 Å². The van der Waals surface area contributed by atoms with Crippen molar-refractivity contribution in [1.82, 2.24) is 15.0 Å². The Morgan fingerprint density at radius 1 is 1.23 bits per heavy atom. The van der Waals surface area contributed by atoms with Gasteiger partial charge in [0.2, 0.25) is 0 Å². The molecule has 0 bridgehead atoms. The van der Waals surface area contributed by atoms with E-state index < -0.39 is 32.8 Å². The van der Waals surface area contributed by atoms with E-state index in [1.165, 1.54) is 19.2 Å². The summed E-state index contributed by atoms with van der Waals surface area (Å²) in [5, 5.41) is 12.1. The van der Waals surface area contributed by atoms with E-state index in [1.54, 1.807) is 17.1 Å². The number of alkyl halides is 3. The van der Waals surface area contributed by atoms with Gasteiger partial charge in [0.05, 0.1) is 42.6 Å². The maximum absolute atomic E-state index is 13.8. The molecule has 2 aliphatic heterocycles. The Balaban J connectivity index is 1.56. The Morgan fingerprint density at radius 2 is 2.03 bits per heavy atom. The van der Waals surface area contributed by atoms with Crippen LogP contribution in [0, 0.1) is 11.3 Å². The molecule has 3 heterocycles. The number of ether oxygens (including phenoxy) is 3. The highest BCUT2D eigenvalue weighted by molar-refractivity contribution is 6.55. The number of morpholine rings is 1. The van der Waals surface area contributed by atoms with Crippen LogP contribution in [0.25, 0.3) is 10.9 Å². The average molecular weight is 557 g/mol. The van der Waals surface area contributed by atoms with Crippen molar-refractivity contribution >= 4 is 25.5 Å². The molecule has 8 nitrogen and oxygen atoms in total. The molecular formula is C27H29F3N5O3Si. The Bertz CT molecular complexity index is 1430. The van der Waals surface area contributed by atoms with Crippen molar-refractivity contribution in [3.63, 3.8) is 0 Å².